The second-order valence-corrected chi connectivity index (χ2v) is 7.30. The summed E-state index contributed by atoms with van der Waals surface area (Å²) >= 11 is 1.32. The van der Waals surface area contributed by atoms with Gasteiger partial charge in [-0.25, -0.2) is 4.99 Å². The SMILES string of the molecule is CC(=O)Nc1cccc(C(=O)NC2=Nc3cccc(OC(C)C)c3C=CS2)c1. The van der Waals surface area contributed by atoms with Gasteiger partial charge in [-0.2, -0.15) is 0 Å². The average Bonchev–Trinajstić information content (AvgIpc) is 2.83. The Morgan fingerprint density at radius 1 is 1.11 bits per heavy atom. The Labute approximate surface area is 168 Å². The number of benzene rings is 2. The molecular weight excluding hydrogens is 374 g/mol. The Balaban J connectivity index is 1.82. The summed E-state index contributed by atoms with van der Waals surface area (Å²) in [6.45, 7) is 5.36. The van der Waals surface area contributed by atoms with E-state index in [9.17, 15) is 9.59 Å². The maximum Gasteiger partial charge on any atom is 0.257 e. The van der Waals surface area contributed by atoms with E-state index in [1.54, 1.807) is 24.3 Å². The predicted molar refractivity (Wildman–Crippen MR) is 114 cm³/mol. The van der Waals surface area contributed by atoms with E-state index >= 15 is 0 Å². The van der Waals surface area contributed by atoms with Gasteiger partial charge >= 0.3 is 0 Å². The zero-order chi connectivity index (χ0) is 20.1. The Morgan fingerprint density at radius 2 is 1.89 bits per heavy atom. The third-order valence-corrected chi connectivity index (χ3v) is 4.40. The lowest BCUT2D eigenvalue weighted by atomic mass is 10.1. The summed E-state index contributed by atoms with van der Waals surface area (Å²) < 4.78 is 5.85. The van der Waals surface area contributed by atoms with Gasteiger partial charge in [-0.1, -0.05) is 23.9 Å². The topological polar surface area (TPSA) is 79.8 Å². The van der Waals surface area contributed by atoms with E-state index in [1.165, 1.54) is 18.7 Å². The van der Waals surface area contributed by atoms with Gasteiger partial charge in [-0.05, 0) is 55.7 Å². The van der Waals surface area contributed by atoms with E-state index in [0.717, 1.165) is 17.0 Å². The van der Waals surface area contributed by atoms with Crippen molar-refractivity contribution in [1.29, 1.82) is 0 Å². The minimum atomic E-state index is -0.301. The molecule has 1 aliphatic rings. The van der Waals surface area contributed by atoms with Gasteiger partial charge in [-0.15, -0.1) is 0 Å². The zero-order valence-electron chi connectivity index (χ0n) is 15.9. The molecule has 0 atom stereocenters. The van der Waals surface area contributed by atoms with Crippen LogP contribution >= 0.6 is 11.8 Å². The molecule has 1 aliphatic heterocycles. The van der Waals surface area contributed by atoms with E-state index in [0.29, 0.717) is 16.4 Å². The van der Waals surface area contributed by atoms with Crippen LogP contribution in [0.15, 0.2) is 52.9 Å². The van der Waals surface area contributed by atoms with Crippen LogP contribution in [0.1, 0.15) is 36.7 Å². The summed E-state index contributed by atoms with van der Waals surface area (Å²) in [5.41, 5.74) is 2.60. The first-order chi connectivity index (χ1) is 13.4. The minimum Gasteiger partial charge on any atom is -0.490 e. The number of amides is 2. The molecule has 0 bridgehead atoms. The molecule has 0 aliphatic carbocycles. The van der Waals surface area contributed by atoms with Crippen LogP contribution in [-0.2, 0) is 4.79 Å². The lowest BCUT2D eigenvalue weighted by Gasteiger charge is -2.13. The molecule has 0 aromatic heterocycles. The largest absolute Gasteiger partial charge is 0.490 e. The van der Waals surface area contributed by atoms with Crippen molar-refractivity contribution in [3.05, 3.63) is 59.0 Å². The van der Waals surface area contributed by atoms with E-state index in [4.69, 9.17) is 4.74 Å². The van der Waals surface area contributed by atoms with Crippen LogP contribution in [0, 0.1) is 0 Å². The fourth-order valence-corrected chi connectivity index (χ4v) is 3.26. The number of hydrogen-bond donors (Lipinski definition) is 2. The van der Waals surface area contributed by atoms with Gasteiger partial charge < -0.3 is 15.4 Å². The molecule has 0 spiro atoms. The molecule has 144 valence electrons. The maximum absolute atomic E-state index is 12.6. The van der Waals surface area contributed by atoms with E-state index in [2.05, 4.69) is 15.6 Å². The molecule has 6 nitrogen and oxygen atoms in total. The van der Waals surface area contributed by atoms with Crippen molar-refractivity contribution in [2.24, 2.45) is 4.99 Å². The minimum absolute atomic E-state index is 0.0508. The van der Waals surface area contributed by atoms with Crippen LogP contribution in [0.2, 0.25) is 0 Å². The van der Waals surface area contributed by atoms with Crippen molar-refractivity contribution >= 4 is 46.2 Å². The molecule has 2 aromatic rings. The molecule has 0 radical (unpaired) electrons. The molecular formula is C21H21N3O3S. The van der Waals surface area contributed by atoms with Gasteiger partial charge in [-0.3, -0.25) is 9.59 Å². The maximum atomic E-state index is 12.6. The summed E-state index contributed by atoms with van der Waals surface area (Å²) in [6.07, 6.45) is 1.98. The lowest BCUT2D eigenvalue weighted by Crippen LogP contribution is -2.28. The third-order valence-electron chi connectivity index (χ3n) is 3.71. The number of carbonyl (C=O) groups is 2. The summed E-state index contributed by atoms with van der Waals surface area (Å²) in [7, 11) is 0. The molecule has 0 saturated heterocycles. The molecule has 3 rings (SSSR count). The highest BCUT2D eigenvalue weighted by atomic mass is 32.2. The van der Waals surface area contributed by atoms with Crippen molar-refractivity contribution < 1.29 is 14.3 Å². The smallest absolute Gasteiger partial charge is 0.257 e. The first-order valence-corrected chi connectivity index (χ1v) is 9.71. The quantitative estimate of drug-likeness (QED) is 0.795. The van der Waals surface area contributed by atoms with Gasteiger partial charge in [0.2, 0.25) is 5.91 Å². The number of aliphatic imine (C=N–C) groups is 1. The van der Waals surface area contributed by atoms with Gasteiger partial charge in [0.1, 0.15) is 5.75 Å². The number of carbonyl (C=O) groups excluding carboxylic acids is 2. The number of ether oxygens (including phenoxy) is 1. The summed E-state index contributed by atoms with van der Waals surface area (Å²) in [5, 5.41) is 7.83. The van der Waals surface area contributed by atoms with Crippen molar-refractivity contribution in [3.63, 3.8) is 0 Å². The summed E-state index contributed by atoms with van der Waals surface area (Å²) in [4.78, 5) is 28.4. The number of fused-ring (bicyclic) bond motifs is 1. The number of thioether (sulfide) groups is 1. The Kier molecular flexibility index (Phi) is 6.16. The Bertz CT molecular complexity index is 967. The third kappa shape index (κ3) is 5.01. The number of amidine groups is 1. The number of anilines is 1. The van der Waals surface area contributed by atoms with Gasteiger partial charge in [0.25, 0.3) is 5.91 Å². The highest BCUT2D eigenvalue weighted by Gasteiger charge is 2.15. The molecule has 7 heteroatoms. The van der Waals surface area contributed by atoms with Crippen molar-refractivity contribution in [2.45, 2.75) is 26.9 Å². The van der Waals surface area contributed by atoms with Crippen LogP contribution in [0.25, 0.3) is 6.08 Å². The number of hydrogen-bond acceptors (Lipinski definition) is 5. The van der Waals surface area contributed by atoms with Crippen LogP contribution in [0.4, 0.5) is 11.4 Å². The van der Waals surface area contributed by atoms with Crippen molar-refractivity contribution in [2.75, 3.05) is 5.32 Å². The first kappa shape index (κ1) is 19.7. The second kappa shape index (κ2) is 8.75. The molecule has 0 unspecified atom stereocenters. The highest BCUT2D eigenvalue weighted by molar-refractivity contribution is 8.16. The predicted octanol–water partition coefficient (Wildman–Crippen LogP) is 4.57. The molecule has 2 aromatic carbocycles. The van der Waals surface area contributed by atoms with Crippen LogP contribution in [-0.4, -0.2) is 23.1 Å². The molecule has 0 saturated carbocycles. The standard InChI is InChI=1S/C21H21N3O3S/c1-13(2)27-19-9-5-8-18-17(19)10-11-28-21(23-18)24-20(26)15-6-4-7-16(12-15)22-14(3)25/h4-13H,1-3H3,(H,22,25)(H,23,24,26). The van der Waals surface area contributed by atoms with Crippen LogP contribution in [0.3, 0.4) is 0 Å². The number of nitrogens with zero attached hydrogens (tertiary/aromatic N) is 1. The Hall–Kier alpha value is -3.06. The summed E-state index contributed by atoms with van der Waals surface area (Å²) in [6, 6.07) is 12.4. The molecule has 0 fully saturated rings. The van der Waals surface area contributed by atoms with E-state index in [-0.39, 0.29) is 17.9 Å². The first-order valence-electron chi connectivity index (χ1n) is 8.83. The fraction of sp³-hybridized carbons (Fsp3) is 0.190. The number of nitrogens with one attached hydrogen (secondary N) is 2. The average molecular weight is 395 g/mol. The molecule has 2 amide bonds. The zero-order valence-corrected chi connectivity index (χ0v) is 16.7. The monoisotopic (exact) mass is 395 g/mol. The van der Waals surface area contributed by atoms with Gasteiger partial charge in [0.05, 0.1) is 11.8 Å². The van der Waals surface area contributed by atoms with E-state index < -0.39 is 0 Å². The highest BCUT2D eigenvalue weighted by Crippen LogP contribution is 2.34. The van der Waals surface area contributed by atoms with Gasteiger partial charge in [0.15, 0.2) is 5.17 Å². The lowest BCUT2D eigenvalue weighted by molar-refractivity contribution is -0.114. The second-order valence-electron chi connectivity index (χ2n) is 6.41. The molecule has 2 N–H and O–H groups in total. The van der Waals surface area contributed by atoms with Crippen molar-refractivity contribution in [1.82, 2.24) is 5.32 Å². The molecule has 1 heterocycles. The van der Waals surface area contributed by atoms with Crippen molar-refractivity contribution in [3.8, 4) is 5.75 Å². The normalized spacial score (nSPS) is 12.6. The van der Waals surface area contributed by atoms with E-state index in [1.807, 2.05) is 43.5 Å². The van der Waals surface area contributed by atoms with Crippen LogP contribution in [0.5, 0.6) is 5.75 Å². The Morgan fingerprint density at radius 3 is 2.64 bits per heavy atom. The molecule has 28 heavy (non-hydrogen) atoms. The fourth-order valence-electron chi connectivity index (χ4n) is 2.62. The number of rotatable bonds is 4. The van der Waals surface area contributed by atoms with Gasteiger partial charge in [0, 0.05) is 23.7 Å². The van der Waals surface area contributed by atoms with Crippen LogP contribution < -0.4 is 15.4 Å². The summed E-state index contributed by atoms with van der Waals surface area (Å²) in [5.74, 6) is 0.260.